The number of nitrogens with zero attached hydrogens (tertiary/aromatic N) is 1. The Morgan fingerprint density at radius 2 is 2.22 bits per heavy atom. The van der Waals surface area contributed by atoms with Crippen LogP contribution in [0.15, 0.2) is 23.0 Å². The topological polar surface area (TPSA) is 92.4 Å². The van der Waals surface area contributed by atoms with Crippen molar-refractivity contribution in [3.63, 3.8) is 0 Å². The van der Waals surface area contributed by atoms with Crippen LogP contribution in [0.3, 0.4) is 0 Å². The molecule has 0 fully saturated rings. The van der Waals surface area contributed by atoms with E-state index in [1.807, 2.05) is 0 Å². The molecule has 2 aliphatic heterocycles. The van der Waals surface area contributed by atoms with E-state index in [-0.39, 0.29) is 35.5 Å². The Morgan fingerprint density at radius 1 is 1.50 bits per heavy atom. The van der Waals surface area contributed by atoms with Crippen LogP contribution in [0.2, 0.25) is 0 Å². The summed E-state index contributed by atoms with van der Waals surface area (Å²) in [5.74, 6) is -0.768. The quantitative estimate of drug-likeness (QED) is 0.624. The average Bonchev–Trinajstić information content (AvgIpc) is 2.63. The molecule has 0 saturated carbocycles. The summed E-state index contributed by atoms with van der Waals surface area (Å²) in [6.07, 6.45) is -1.45. The second-order valence-corrected chi connectivity index (χ2v) is 4.34. The van der Waals surface area contributed by atoms with Crippen LogP contribution < -0.4 is 5.56 Å². The summed E-state index contributed by atoms with van der Waals surface area (Å²) in [6, 6.07) is 1.50. The number of aliphatic hydroxyl groups is 1. The fourth-order valence-electron chi connectivity index (χ4n) is 2.26. The molecule has 0 aliphatic carbocycles. The third-order valence-corrected chi connectivity index (χ3v) is 3.27. The number of hydrogen-bond donors (Lipinski definition) is 2. The van der Waals surface area contributed by atoms with Crippen molar-refractivity contribution >= 4 is 11.7 Å². The SMILES string of the molecule is C=C1Cn2c(cc3c(c2=O)COC(=O)[C@H]3O)C1=N. The fraction of sp³-hybridized carbons (Fsp3) is 0.250. The number of hydrogen-bond acceptors (Lipinski definition) is 5. The molecule has 0 aromatic carbocycles. The number of aliphatic hydroxyl groups excluding tert-OH is 1. The number of ether oxygens (including phenoxy) is 1. The maximum Gasteiger partial charge on any atom is 0.340 e. The number of cyclic esters (lactones) is 1. The van der Waals surface area contributed by atoms with Crippen LogP contribution in [-0.2, 0) is 22.7 Å². The summed E-state index contributed by atoms with van der Waals surface area (Å²) < 4.78 is 6.14. The van der Waals surface area contributed by atoms with E-state index in [0.717, 1.165) is 0 Å². The summed E-state index contributed by atoms with van der Waals surface area (Å²) in [4.78, 5) is 23.4. The molecule has 92 valence electrons. The molecule has 3 rings (SSSR count). The van der Waals surface area contributed by atoms with Crippen molar-refractivity contribution in [2.24, 2.45) is 0 Å². The third kappa shape index (κ3) is 1.23. The Morgan fingerprint density at radius 3 is 2.94 bits per heavy atom. The van der Waals surface area contributed by atoms with Gasteiger partial charge in [-0.05, 0) is 11.6 Å². The second kappa shape index (κ2) is 3.39. The molecule has 18 heavy (non-hydrogen) atoms. The van der Waals surface area contributed by atoms with Crippen LogP contribution in [-0.4, -0.2) is 21.4 Å². The van der Waals surface area contributed by atoms with E-state index < -0.39 is 12.1 Å². The number of carbonyl (C=O) groups is 1. The van der Waals surface area contributed by atoms with Crippen LogP contribution in [0.25, 0.3) is 0 Å². The third-order valence-electron chi connectivity index (χ3n) is 3.27. The zero-order chi connectivity index (χ0) is 13.0. The summed E-state index contributed by atoms with van der Waals surface area (Å²) in [5.41, 5.74) is 1.27. The molecule has 1 aromatic rings. The lowest BCUT2D eigenvalue weighted by Crippen LogP contribution is -2.33. The average molecular weight is 246 g/mol. The monoisotopic (exact) mass is 246 g/mol. The van der Waals surface area contributed by atoms with Gasteiger partial charge in [-0.15, -0.1) is 0 Å². The van der Waals surface area contributed by atoms with Crippen LogP contribution in [0.1, 0.15) is 22.9 Å². The van der Waals surface area contributed by atoms with Crippen molar-refractivity contribution in [3.05, 3.63) is 45.4 Å². The van der Waals surface area contributed by atoms with Crippen LogP contribution in [0, 0.1) is 5.41 Å². The van der Waals surface area contributed by atoms with E-state index in [1.165, 1.54) is 10.6 Å². The molecule has 2 aliphatic rings. The zero-order valence-corrected chi connectivity index (χ0v) is 9.40. The molecule has 6 nitrogen and oxygen atoms in total. The Labute approximate surface area is 102 Å². The van der Waals surface area contributed by atoms with Gasteiger partial charge >= 0.3 is 5.97 Å². The highest BCUT2D eigenvalue weighted by Gasteiger charge is 2.33. The van der Waals surface area contributed by atoms with Crippen LogP contribution >= 0.6 is 0 Å². The number of nitrogens with one attached hydrogen (secondary N) is 1. The van der Waals surface area contributed by atoms with Gasteiger partial charge in [0.1, 0.15) is 6.61 Å². The first-order chi connectivity index (χ1) is 8.50. The summed E-state index contributed by atoms with van der Waals surface area (Å²) >= 11 is 0. The minimum Gasteiger partial charge on any atom is -0.458 e. The lowest BCUT2D eigenvalue weighted by atomic mass is 10.0. The molecular weight excluding hydrogens is 236 g/mol. The highest BCUT2D eigenvalue weighted by molar-refractivity contribution is 6.11. The van der Waals surface area contributed by atoms with Gasteiger partial charge < -0.3 is 14.4 Å². The van der Waals surface area contributed by atoms with Gasteiger partial charge in [-0.3, -0.25) is 10.2 Å². The van der Waals surface area contributed by atoms with Crippen molar-refractivity contribution in [2.75, 3.05) is 0 Å². The second-order valence-electron chi connectivity index (χ2n) is 4.34. The number of esters is 1. The smallest absolute Gasteiger partial charge is 0.340 e. The number of pyridine rings is 1. The Balaban J connectivity index is 2.31. The summed E-state index contributed by atoms with van der Waals surface area (Å²) in [5, 5.41) is 17.5. The molecule has 1 atom stereocenters. The van der Waals surface area contributed by atoms with Crippen LogP contribution in [0.5, 0.6) is 0 Å². The van der Waals surface area contributed by atoms with Crippen molar-refractivity contribution in [3.8, 4) is 0 Å². The van der Waals surface area contributed by atoms with Gasteiger partial charge in [0.15, 0.2) is 6.10 Å². The van der Waals surface area contributed by atoms with Gasteiger partial charge in [-0.2, -0.15) is 0 Å². The minimum atomic E-state index is -1.45. The van der Waals surface area contributed by atoms with Gasteiger partial charge in [-0.1, -0.05) is 6.58 Å². The van der Waals surface area contributed by atoms with Crippen molar-refractivity contribution in [1.29, 1.82) is 5.41 Å². The maximum atomic E-state index is 12.2. The number of fused-ring (bicyclic) bond motifs is 2. The Hall–Kier alpha value is -2.21. The lowest BCUT2D eigenvalue weighted by Gasteiger charge is -2.21. The highest BCUT2D eigenvalue weighted by Crippen LogP contribution is 2.27. The summed E-state index contributed by atoms with van der Waals surface area (Å²) in [6.45, 7) is 3.84. The first kappa shape index (κ1) is 10.9. The number of carbonyl (C=O) groups excluding carboxylic acids is 1. The molecule has 0 bridgehead atoms. The van der Waals surface area contributed by atoms with E-state index in [0.29, 0.717) is 11.3 Å². The molecule has 3 heterocycles. The van der Waals surface area contributed by atoms with Gasteiger partial charge in [0.2, 0.25) is 0 Å². The largest absolute Gasteiger partial charge is 0.458 e. The van der Waals surface area contributed by atoms with Gasteiger partial charge in [-0.25, -0.2) is 4.79 Å². The van der Waals surface area contributed by atoms with Crippen molar-refractivity contribution < 1.29 is 14.6 Å². The first-order valence-corrected chi connectivity index (χ1v) is 5.39. The molecule has 0 radical (unpaired) electrons. The van der Waals surface area contributed by atoms with E-state index in [1.54, 1.807) is 0 Å². The summed E-state index contributed by atoms with van der Waals surface area (Å²) in [7, 11) is 0. The number of aromatic nitrogens is 1. The minimum absolute atomic E-state index is 0.135. The molecule has 2 N–H and O–H groups in total. The molecule has 0 amide bonds. The Bertz CT molecular complexity index is 671. The molecule has 1 aromatic heterocycles. The van der Waals surface area contributed by atoms with Gasteiger partial charge in [0.25, 0.3) is 5.56 Å². The van der Waals surface area contributed by atoms with Crippen molar-refractivity contribution in [2.45, 2.75) is 19.3 Å². The van der Waals surface area contributed by atoms with E-state index in [4.69, 9.17) is 10.1 Å². The fourth-order valence-corrected chi connectivity index (χ4v) is 2.26. The highest BCUT2D eigenvalue weighted by atomic mass is 16.5. The number of rotatable bonds is 0. The van der Waals surface area contributed by atoms with Gasteiger partial charge in [0.05, 0.1) is 23.5 Å². The van der Waals surface area contributed by atoms with E-state index >= 15 is 0 Å². The van der Waals surface area contributed by atoms with E-state index in [9.17, 15) is 14.7 Å². The lowest BCUT2D eigenvalue weighted by molar-refractivity contribution is -0.157. The number of allylic oxidation sites excluding steroid dienone is 1. The molecule has 0 spiro atoms. The van der Waals surface area contributed by atoms with E-state index in [2.05, 4.69) is 6.58 Å². The predicted octanol–water partition coefficient (Wildman–Crippen LogP) is -0.124. The molecule has 0 saturated heterocycles. The predicted molar refractivity (Wildman–Crippen MR) is 61.4 cm³/mol. The maximum absolute atomic E-state index is 12.2. The first-order valence-electron chi connectivity index (χ1n) is 5.39. The molecule has 0 unspecified atom stereocenters. The van der Waals surface area contributed by atoms with Gasteiger partial charge in [0, 0.05) is 5.56 Å². The standard InChI is InChI=1S/C12H10N2O4/c1-5-3-14-8(9(5)13)2-6-7(11(14)16)4-18-12(17)10(6)15/h2,10,13,15H,1,3-4H2/t10-/m0/s1. The van der Waals surface area contributed by atoms with Crippen LogP contribution in [0.4, 0.5) is 0 Å². The normalized spacial score (nSPS) is 21.6. The zero-order valence-electron chi connectivity index (χ0n) is 9.40. The molecular formula is C12H10N2O4. The van der Waals surface area contributed by atoms with Crippen molar-refractivity contribution in [1.82, 2.24) is 4.57 Å². The molecule has 6 heteroatoms. The Kier molecular flexibility index (Phi) is 2.06.